The molecule has 1 heterocycles. The van der Waals surface area contributed by atoms with Crippen LogP contribution in [0.3, 0.4) is 0 Å². The molecule has 1 aromatic heterocycles. The zero-order valence-corrected chi connectivity index (χ0v) is 7.51. The lowest BCUT2D eigenvalue weighted by atomic mass is 9.88. The first-order chi connectivity index (χ1) is 6.63. The van der Waals surface area contributed by atoms with Crippen LogP contribution < -0.4 is 5.66 Å². The molecule has 14 heavy (non-hydrogen) atoms. The molecule has 0 saturated carbocycles. The van der Waals surface area contributed by atoms with E-state index in [1.54, 1.807) is 0 Å². The highest BCUT2D eigenvalue weighted by Gasteiger charge is 2.14. The van der Waals surface area contributed by atoms with E-state index in [-0.39, 0.29) is 5.66 Å². The van der Waals surface area contributed by atoms with E-state index in [2.05, 4.69) is 4.74 Å². The fourth-order valence-corrected chi connectivity index (χ4v) is 0.815. The Balaban J connectivity index is 2.68. The van der Waals surface area contributed by atoms with Crippen LogP contribution in [-0.4, -0.2) is 30.2 Å². The molecule has 0 aliphatic rings. The first-order valence-electron chi connectivity index (χ1n) is 3.85. The van der Waals surface area contributed by atoms with Gasteiger partial charge < -0.3 is 19.2 Å². The third-order valence-corrected chi connectivity index (χ3v) is 1.49. The summed E-state index contributed by atoms with van der Waals surface area (Å²) in [5, 5.41) is 17.4. The molecule has 6 heteroatoms. The van der Waals surface area contributed by atoms with Gasteiger partial charge in [0.05, 0.1) is 7.11 Å². The monoisotopic (exact) mass is 196 g/mol. The van der Waals surface area contributed by atoms with Gasteiger partial charge in [0.1, 0.15) is 11.4 Å². The Kier molecular flexibility index (Phi) is 3.50. The van der Waals surface area contributed by atoms with Gasteiger partial charge in [-0.1, -0.05) is 0 Å². The lowest BCUT2D eigenvalue weighted by Crippen LogP contribution is -2.27. The van der Waals surface area contributed by atoms with Gasteiger partial charge >= 0.3 is 13.1 Å². The summed E-state index contributed by atoms with van der Waals surface area (Å²) in [5.41, 5.74) is 0.0227. The van der Waals surface area contributed by atoms with E-state index in [1.165, 1.54) is 31.4 Å². The van der Waals surface area contributed by atoms with E-state index in [0.717, 1.165) is 0 Å². The van der Waals surface area contributed by atoms with Crippen molar-refractivity contribution < 1.29 is 24.0 Å². The minimum Gasteiger partial charge on any atom is -0.466 e. The topological polar surface area (TPSA) is 79.9 Å². The average molecular weight is 196 g/mol. The van der Waals surface area contributed by atoms with Crippen LogP contribution in [0.1, 0.15) is 5.76 Å². The maximum absolute atomic E-state index is 10.7. The molecule has 2 N–H and O–H groups in total. The third-order valence-electron chi connectivity index (χ3n) is 1.49. The van der Waals surface area contributed by atoms with Crippen molar-refractivity contribution in [2.24, 2.45) is 0 Å². The maximum Gasteiger partial charge on any atom is 0.526 e. The highest BCUT2D eigenvalue weighted by Crippen LogP contribution is 2.01. The summed E-state index contributed by atoms with van der Waals surface area (Å²) in [6.45, 7) is 0. The Morgan fingerprint density at radius 2 is 2.29 bits per heavy atom. The van der Waals surface area contributed by atoms with Crippen LogP contribution in [-0.2, 0) is 9.53 Å². The summed E-state index contributed by atoms with van der Waals surface area (Å²) in [7, 11) is -0.382. The van der Waals surface area contributed by atoms with Crippen LogP contribution in [0.4, 0.5) is 0 Å². The highest BCUT2D eigenvalue weighted by molar-refractivity contribution is 6.57. The van der Waals surface area contributed by atoms with Crippen LogP contribution >= 0.6 is 0 Å². The number of hydrogen-bond acceptors (Lipinski definition) is 5. The number of carbonyl (C=O) groups excluding carboxylic acids is 1. The van der Waals surface area contributed by atoms with Crippen molar-refractivity contribution in [1.29, 1.82) is 0 Å². The van der Waals surface area contributed by atoms with Crippen molar-refractivity contribution in [3.05, 3.63) is 24.0 Å². The highest BCUT2D eigenvalue weighted by atomic mass is 16.5. The second kappa shape index (κ2) is 4.64. The first kappa shape index (κ1) is 10.6. The minimum atomic E-state index is -1.64. The Bertz CT molecular complexity index is 341. The molecule has 0 fully saturated rings. The Morgan fingerprint density at radius 1 is 1.57 bits per heavy atom. The molecule has 0 aromatic carbocycles. The summed E-state index contributed by atoms with van der Waals surface area (Å²) >= 11 is 0. The van der Waals surface area contributed by atoms with Gasteiger partial charge in [-0.15, -0.1) is 0 Å². The summed E-state index contributed by atoms with van der Waals surface area (Å²) in [6, 6.07) is 2.91. The molecule has 0 aliphatic heterocycles. The molecule has 1 rings (SSSR count). The van der Waals surface area contributed by atoms with E-state index in [1.807, 2.05) is 0 Å². The van der Waals surface area contributed by atoms with Crippen LogP contribution in [0.2, 0.25) is 0 Å². The molecule has 5 nitrogen and oxygen atoms in total. The normalized spacial score (nSPS) is 10.5. The number of ether oxygens (including phenoxy) is 1. The number of rotatable bonds is 3. The van der Waals surface area contributed by atoms with Crippen LogP contribution in [0, 0.1) is 0 Å². The van der Waals surface area contributed by atoms with Crippen molar-refractivity contribution in [2.75, 3.05) is 7.11 Å². The molecule has 0 amide bonds. The van der Waals surface area contributed by atoms with Crippen molar-refractivity contribution in [1.82, 2.24) is 0 Å². The second-order valence-corrected chi connectivity index (χ2v) is 2.47. The van der Waals surface area contributed by atoms with Crippen LogP contribution in [0.15, 0.2) is 22.6 Å². The second-order valence-electron chi connectivity index (χ2n) is 2.47. The van der Waals surface area contributed by atoms with Gasteiger partial charge in [0, 0.05) is 6.08 Å². The average Bonchev–Trinajstić information content (AvgIpc) is 2.62. The molecule has 0 spiro atoms. The standard InChI is InChI=1S/C8H9BO5/c1-13-8(10)5-3-6-2-4-7(14-6)9(11)12/h2-5,11-12H,1H3/b5-3+. The summed E-state index contributed by atoms with van der Waals surface area (Å²) in [4.78, 5) is 10.7. The predicted molar refractivity (Wildman–Crippen MR) is 49.6 cm³/mol. The molecule has 0 aliphatic carbocycles. The zero-order valence-electron chi connectivity index (χ0n) is 7.51. The first-order valence-corrected chi connectivity index (χ1v) is 3.85. The van der Waals surface area contributed by atoms with Gasteiger partial charge in [0.15, 0.2) is 0 Å². The van der Waals surface area contributed by atoms with Gasteiger partial charge in [-0.05, 0) is 18.2 Å². The quantitative estimate of drug-likeness (QED) is 0.373. The largest absolute Gasteiger partial charge is 0.526 e. The molecular weight excluding hydrogens is 187 g/mol. The smallest absolute Gasteiger partial charge is 0.466 e. The fraction of sp³-hybridized carbons (Fsp3) is 0.125. The SMILES string of the molecule is COC(=O)/C=C/c1ccc(B(O)O)o1. The van der Waals surface area contributed by atoms with E-state index in [0.29, 0.717) is 5.76 Å². The van der Waals surface area contributed by atoms with E-state index in [4.69, 9.17) is 14.5 Å². The number of methoxy groups -OCH3 is 1. The maximum atomic E-state index is 10.7. The van der Waals surface area contributed by atoms with Crippen LogP contribution in [0.25, 0.3) is 6.08 Å². The van der Waals surface area contributed by atoms with Gasteiger partial charge in [0.25, 0.3) is 0 Å². The van der Waals surface area contributed by atoms with Crippen LogP contribution in [0.5, 0.6) is 0 Å². The van der Waals surface area contributed by atoms with Crippen molar-refractivity contribution in [3.8, 4) is 0 Å². The number of esters is 1. The molecule has 0 radical (unpaired) electrons. The number of carbonyl (C=O) groups is 1. The molecular formula is C8H9BO5. The summed E-state index contributed by atoms with van der Waals surface area (Å²) < 4.78 is 9.31. The van der Waals surface area contributed by atoms with Crippen molar-refractivity contribution in [2.45, 2.75) is 0 Å². The summed E-state index contributed by atoms with van der Waals surface area (Å²) in [5.74, 6) is -0.161. The Morgan fingerprint density at radius 3 is 2.79 bits per heavy atom. The lowest BCUT2D eigenvalue weighted by molar-refractivity contribution is -0.134. The molecule has 0 saturated heterocycles. The number of furan rings is 1. The molecule has 0 unspecified atom stereocenters. The molecule has 1 aromatic rings. The fourth-order valence-electron chi connectivity index (χ4n) is 0.815. The van der Waals surface area contributed by atoms with Crippen molar-refractivity contribution in [3.63, 3.8) is 0 Å². The lowest BCUT2D eigenvalue weighted by Gasteiger charge is -1.91. The van der Waals surface area contributed by atoms with E-state index in [9.17, 15) is 4.79 Å². The summed E-state index contributed by atoms with van der Waals surface area (Å²) in [6.07, 6.45) is 2.55. The molecule has 0 atom stereocenters. The Hall–Kier alpha value is -1.53. The third kappa shape index (κ3) is 2.76. The van der Waals surface area contributed by atoms with Gasteiger partial charge in [-0.2, -0.15) is 0 Å². The Labute approximate surface area is 80.8 Å². The van der Waals surface area contributed by atoms with Gasteiger partial charge in [-0.25, -0.2) is 4.79 Å². The van der Waals surface area contributed by atoms with Crippen molar-refractivity contribution >= 4 is 24.8 Å². The minimum absolute atomic E-state index is 0.0227. The molecule has 0 bridgehead atoms. The number of hydrogen-bond donors (Lipinski definition) is 2. The van der Waals surface area contributed by atoms with E-state index < -0.39 is 13.1 Å². The predicted octanol–water partition coefficient (Wildman–Crippen LogP) is -0.854. The molecule has 74 valence electrons. The zero-order chi connectivity index (χ0) is 10.6. The van der Waals surface area contributed by atoms with E-state index >= 15 is 0 Å². The van der Waals surface area contributed by atoms with Gasteiger partial charge in [-0.3, -0.25) is 0 Å². The van der Waals surface area contributed by atoms with Gasteiger partial charge in [0.2, 0.25) is 0 Å².